The van der Waals surface area contributed by atoms with Crippen LogP contribution in [0.25, 0.3) is 0 Å². The molecular formula is C19H23F3O2Si. The van der Waals surface area contributed by atoms with E-state index in [0.29, 0.717) is 17.0 Å². The molecule has 0 fully saturated rings. The van der Waals surface area contributed by atoms with Gasteiger partial charge in [-0.05, 0) is 23.7 Å². The third-order valence-electron chi connectivity index (χ3n) is 3.91. The van der Waals surface area contributed by atoms with E-state index >= 15 is 0 Å². The molecule has 0 N–H and O–H groups in total. The lowest BCUT2D eigenvalue weighted by Crippen LogP contribution is -2.65. The Morgan fingerprint density at radius 3 is 1.80 bits per heavy atom. The van der Waals surface area contributed by atoms with Gasteiger partial charge >= 0.3 is 14.7 Å². The maximum atomic E-state index is 13.2. The fourth-order valence-corrected chi connectivity index (χ4v) is 5.83. The Hall–Kier alpha value is -1.63. The standard InChI is InChI=1S/C19H23F3O2Si/c1-3-4-15-23-25(17-11-7-5-8-12-17,18-13-9-6-10-14-18)24-16(2)19(20,21)22/h5-14,16H,3-4,15H2,1-2H3. The zero-order valence-electron chi connectivity index (χ0n) is 14.4. The van der Waals surface area contributed by atoms with Gasteiger partial charge in [0.25, 0.3) is 0 Å². The Morgan fingerprint density at radius 2 is 1.40 bits per heavy atom. The monoisotopic (exact) mass is 368 g/mol. The molecule has 0 radical (unpaired) electrons. The van der Waals surface area contributed by atoms with Crippen LogP contribution in [0.15, 0.2) is 60.7 Å². The number of halogens is 3. The quantitative estimate of drug-likeness (QED) is 0.517. The van der Waals surface area contributed by atoms with Crippen LogP contribution in [0.1, 0.15) is 26.7 Å². The van der Waals surface area contributed by atoms with Crippen molar-refractivity contribution in [3.8, 4) is 0 Å². The summed E-state index contributed by atoms with van der Waals surface area (Å²) in [5.41, 5.74) is 0. The van der Waals surface area contributed by atoms with Crippen molar-refractivity contribution in [2.75, 3.05) is 6.61 Å². The predicted molar refractivity (Wildman–Crippen MR) is 95.4 cm³/mol. The first-order valence-electron chi connectivity index (χ1n) is 8.39. The predicted octanol–water partition coefficient (Wildman–Crippen LogP) is 4.03. The molecule has 6 heteroatoms. The van der Waals surface area contributed by atoms with Gasteiger partial charge < -0.3 is 8.85 Å². The van der Waals surface area contributed by atoms with Crippen molar-refractivity contribution in [3.05, 3.63) is 60.7 Å². The summed E-state index contributed by atoms with van der Waals surface area (Å²) in [4.78, 5) is 0. The van der Waals surface area contributed by atoms with Gasteiger partial charge in [-0.2, -0.15) is 13.2 Å². The fraction of sp³-hybridized carbons (Fsp3) is 0.368. The van der Waals surface area contributed by atoms with Crippen LogP contribution in [0.3, 0.4) is 0 Å². The summed E-state index contributed by atoms with van der Waals surface area (Å²) in [5, 5.41) is 1.35. The molecule has 2 aromatic rings. The van der Waals surface area contributed by atoms with Crippen LogP contribution in [0.2, 0.25) is 0 Å². The summed E-state index contributed by atoms with van der Waals surface area (Å²) in [5.74, 6) is 0. The van der Waals surface area contributed by atoms with E-state index in [1.165, 1.54) is 0 Å². The molecule has 136 valence electrons. The highest BCUT2D eigenvalue weighted by molar-refractivity contribution is 6.92. The van der Waals surface area contributed by atoms with Gasteiger partial charge in [0, 0.05) is 6.61 Å². The van der Waals surface area contributed by atoms with E-state index in [9.17, 15) is 13.2 Å². The summed E-state index contributed by atoms with van der Waals surface area (Å²) in [6, 6.07) is 18.0. The minimum Gasteiger partial charge on any atom is -0.388 e. The molecule has 2 nitrogen and oxygen atoms in total. The molecule has 0 spiro atoms. The summed E-state index contributed by atoms with van der Waals surface area (Å²) in [6.07, 6.45) is -4.71. The van der Waals surface area contributed by atoms with Crippen LogP contribution < -0.4 is 10.4 Å². The van der Waals surface area contributed by atoms with E-state index in [4.69, 9.17) is 8.85 Å². The second kappa shape index (κ2) is 8.65. The Kier molecular flexibility index (Phi) is 6.81. The molecule has 0 bridgehead atoms. The molecule has 1 atom stereocenters. The minimum atomic E-state index is -4.45. The maximum absolute atomic E-state index is 13.2. The zero-order valence-corrected chi connectivity index (χ0v) is 15.4. The molecular weight excluding hydrogens is 345 g/mol. The van der Waals surface area contributed by atoms with Gasteiger partial charge in [0.15, 0.2) is 0 Å². The summed E-state index contributed by atoms with van der Waals surface area (Å²) >= 11 is 0. The molecule has 1 unspecified atom stereocenters. The summed E-state index contributed by atoms with van der Waals surface area (Å²) < 4.78 is 51.6. The van der Waals surface area contributed by atoms with Crippen molar-refractivity contribution in [1.82, 2.24) is 0 Å². The lowest BCUT2D eigenvalue weighted by atomic mass is 10.4. The first kappa shape index (κ1) is 19.7. The van der Waals surface area contributed by atoms with Crippen LogP contribution in [0.5, 0.6) is 0 Å². The molecule has 0 saturated carbocycles. The minimum absolute atomic E-state index is 0.358. The van der Waals surface area contributed by atoms with Crippen molar-refractivity contribution in [2.45, 2.75) is 39.0 Å². The first-order valence-corrected chi connectivity index (χ1v) is 10.2. The molecule has 0 aliphatic rings. The smallest absolute Gasteiger partial charge is 0.388 e. The first-order chi connectivity index (χ1) is 11.9. The number of hydrogen-bond donors (Lipinski definition) is 0. The van der Waals surface area contributed by atoms with Gasteiger partial charge in [-0.25, -0.2) is 0 Å². The van der Waals surface area contributed by atoms with Gasteiger partial charge in [0.05, 0.1) is 0 Å². The number of benzene rings is 2. The van der Waals surface area contributed by atoms with E-state index < -0.39 is 20.8 Å². The number of rotatable bonds is 8. The van der Waals surface area contributed by atoms with E-state index in [-0.39, 0.29) is 0 Å². The van der Waals surface area contributed by atoms with Crippen molar-refractivity contribution in [3.63, 3.8) is 0 Å². The number of alkyl halides is 3. The van der Waals surface area contributed by atoms with Crippen LogP contribution in [0.4, 0.5) is 13.2 Å². The average Bonchev–Trinajstić information content (AvgIpc) is 2.61. The highest BCUT2D eigenvalue weighted by atomic mass is 28.4. The molecule has 0 aliphatic carbocycles. The molecule has 0 amide bonds. The second-order valence-electron chi connectivity index (χ2n) is 5.85. The van der Waals surface area contributed by atoms with Crippen molar-refractivity contribution in [1.29, 1.82) is 0 Å². The van der Waals surface area contributed by atoms with Crippen LogP contribution in [0, 0.1) is 0 Å². The molecule has 0 heterocycles. The molecule has 0 aromatic heterocycles. The number of unbranched alkanes of at least 4 members (excludes halogenated alkanes) is 1. The highest BCUT2D eigenvalue weighted by Gasteiger charge is 2.49. The molecule has 25 heavy (non-hydrogen) atoms. The van der Waals surface area contributed by atoms with E-state index in [2.05, 4.69) is 0 Å². The van der Waals surface area contributed by atoms with E-state index in [0.717, 1.165) is 19.8 Å². The Balaban J connectivity index is 2.52. The van der Waals surface area contributed by atoms with Crippen molar-refractivity contribution in [2.24, 2.45) is 0 Å². The Morgan fingerprint density at radius 1 is 0.920 bits per heavy atom. The maximum Gasteiger partial charge on any atom is 0.413 e. The fourth-order valence-electron chi connectivity index (χ4n) is 2.49. The lowest BCUT2D eigenvalue weighted by Gasteiger charge is -2.34. The van der Waals surface area contributed by atoms with Gasteiger partial charge in [-0.3, -0.25) is 0 Å². The van der Waals surface area contributed by atoms with Gasteiger partial charge in [-0.15, -0.1) is 0 Å². The zero-order chi connectivity index (χ0) is 18.3. The largest absolute Gasteiger partial charge is 0.413 e. The van der Waals surface area contributed by atoms with Crippen LogP contribution in [-0.4, -0.2) is 27.4 Å². The van der Waals surface area contributed by atoms with Gasteiger partial charge in [0.2, 0.25) is 0 Å². The third-order valence-corrected chi connectivity index (χ3v) is 7.40. The third kappa shape index (κ3) is 4.93. The summed E-state index contributed by atoms with van der Waals surface area (Å²) in [6.45, 7) is 3.41. The van der Waals surface area contributed by atoms with E-state index in [1.54, 1.807) is 48.5 Å². The van der Waals surface area contributed by atoms with Crippen LogP contribution >= 0.6 is 0 Å². The number of hydrogen-bond acceptors (Lipinski definition) is 2. The highest BCUT2D eigenvalue weighted by Crippen LogP contribution is 2.26. The molecule has 0 saturated heterocycles. The molecule has 2 aromatic carbocycles. The molecule has 0 aliphatic heterocycles. The normalized spacial score (nSPS) is 13.6. The van der Waals surface area contributed by atoms with E-state index in [1.807, 2.05) is 19.1 Å². The Labute approximate surface area is 147 Å². The molecule has 2 rings (SSSR count). The Bertz CT molecular complexity index is 593. The SMILES string of the molecule is CCCCO[Si](OC(C)C(F)(F)F)(c1ccccc1)c1ccccc1. The van der Waals surface area contributed by atoms with Gasteiger partial charge in [0.1, 0.15) is 6.10 Å². The topological polar surface area (TPSA) is 18.5 Å². The van der Waals surface area contributed by atoms with Crippen LogP contribution in [-0.2, 0) is 8.85 Å². The second-order valence-corrected chi connectivity index (χ2v) is 8.76. The van der Waals surface area contributed by atoms with Crippen molar-refractivity contribution < 1.29 is 22.0 Å². The van der Waals surface area contributed by atoms with Crippen molar-refractivity contribution >= 4 is 18.9 Å². The summed E-state index contributed by atoms with van der Waals surface area (Å²) in [7, 11) is -3.48. The average molecular weight is 368 g/mol. The van der Waals surface area contributed by atoms with Gasteiger partial charge in [-0.1, -0.05) is 74.0 Å². The lowest BCUT2D eigenvalue weighted by molar-refractivity contribution is -0.194.